The number of allylic oxidation sites excluding steroid dienone is 6. The lowest BCUT2D eigenvalue weighted by molar-refractivity contribution is -0.137. The molecule has 106 valence electrons. The lowest BCUT2D eigenvalue weighted by atomic mass is 10.1. The van der Waals surface area contributed by atoms with E-state index in [9.17, 15) is 9.90 Å². The van der Waals surface area contributed by atoms with E-state index in [1.165, 1.54) is 0 Å². The third-order valence-corrected chi connectivity index (χ3v) is 2.46. The molecule has 19 heavy (non-hydrogen) atoms. The summed E-state index contributed by atoms with van der Waals surface area (Å²) in [7, 11) is 0. The number of carbonyl (C=O) groups is 1. The zero-order chi connectivity index (χ0) is 14.3. The third-order valence-electron chi connectivity index (χ3n) is 2.46. The summed E-state index contributed by atoms with van der Waals surface area (Å²) < 4.78 is 0. The van der Waals surface area contributed by atoms with E-state index in [-0.39, 0.29) is 6.42 Å². The summed E-state index contributed by atoms with van der Waals surface area (Å²) in [5, 5.41) is 18.1. The van der Waals surface area contributed by atoms with Crippen molar-refractivity contribution in [3.63, 3.8) is 0 Å². The molecule has 3 heteroatoms. The van der Waals surface area contributed by atoms with Crippen molar-refractivity contribution in [3.8, 4) is 0 Å². The highest BCUT2D eigenvalue weighted by Crippen LogP contribution is 2.04. The summed E-state index contributed by atoms with van der Waals surface area (Å²) in [5.74, 6) is -0.780. The Morgan fingerprint density at radius 1 is 1.11 bits per heavy atom. The fourth-order valence-electron chi connectivity index (χ4n) is 1.44. The highest BCUT2D eigenvalue weighted by atomic mass is 16.4. The molecule has 0 aromatic carbocycles. The Morgan fingerprint density at radius 2 is 1.84 bits per heavy atom. The number of aliphatic hydroxyl groups excluding tert-OH is 1. The van der Waals surface area contributed by atoms with Gasteiger partial charge < -0.3 is 10.2 Å². The fourth-order valence-corrected chi connectivity index (χ4v) is 1.44. The topological polar surface area (TPSA) is 57.5 Å². The van der Waals surface area contributed by atoms with E-state index >= 15 is 0 Å². The van der Waals surface area contributed by atoms with Gasteiger partial charge in [0.2, 0.25) is 0 Å². The molecular weight excluding hydrogens is 240 g/mol. The number of hydrogen-bond acceptors (Lipinski definition) is 2. The lowest BCUT2D eigenvalue weighted by Crippen LogP contribution is -2.02. The van der Waals surface area contributed by atoms with Gasteiger partial charge in [-0.3, -0.25) is 4.79 Å². The molecule has 0 aromatic heterocycles. The smallest absolute Gasteiger partial charge is 0.303 e. The molecule has 1 unspecified atom stereocenters. The first-order valence-corrected chi connectivity index (χ1v) is 6.66. The van der Waals surface area contributed by atoms with Crippen LogP contribution in [0.15, 0.2) is 49.1 Å². The number of hydrogen-bond donors (Lipinski definition) is 2. The van der Waals surface area contributed by atoms with Crippen molar-refractivity contribution >= 4 is 5.97 Å². The molecule has 0 amide bonds. The molecule has 0 aliphatic heterocycles. The van der Waals surface area contributed by atoms with Gasteiger partial charge in [-0.2, -0.15) is 0 Å². The molecular formula is C16H24O3. The first-order chi connectivity index (χ1) is 9.16. The molecule has 0 aromatic rings. The number of rotatable bonds is 11. The van der Waals surface area contributed by atoms with Crippen molar-refractivity contribution in [2.45, 2.75) is 44.6 Å². The molecule has 0 rings (SSSR count). The monoisotopic (exact) mass is 264 g/mol. The van der Waals surface area contributed by atoms with Gasteiger partial charge in [0.05, 0.1) is 6.10 Å². The zero-order valence-corrected chi connectivity index (χ0v) is 11.4. The second-order valence-corrected chi connectivity index (χ2v) is 4.25. The summed E-state index contributed by atoms with van der Waals surface area (Å²) in [6.45, 7) is 3.63. The Balaban J connectivity index is 3.60. The van der Waals surface area contributed by atoms with Gasteiger partial charge in [-0.05, 0) is 32.1 Å². The maximum absolute atomic E-state index is 10.3. The molecule has 0 bridgehead atoms. The fraction of sp³-hybridized carbons (Fsp3) is 0.438. The van der Waals surface area contributed by atoms with Gasteiger partial charge in [0, 0.05) is 6.42 Å². The minimum atomic E-state index is -0.780. The van der Waals surface area contributed by atoms with Gasteiger partial charge in [-0.15, -0.1) is 6.58 Å². The average molecular weight is 264 g/mol. The first kappa shape index (κ1) is 17.4. The van der Waals surface area contributed by atoms with Crippen molar-refractivity contribution in [2.75, 3.05) is 0 Å². The minimum Gasteiger partial charge on any atom is -0.481 e. The van der Waals surface area contributed by atoms with Crippen LogP contribution < -0.4 is 0 Å². The third kappa shape index (κ3) is 14.3. The van der Waals surface area contributed by atoms with Gasteiger partial charge in [0.15, 0.2) is 0 Å². The second kappa shape index (κ2) is 12.8. The van der Waals surface area contributed by atoms with Gasteiger partial charge in [0.25, 0.3) is 0 Å². The molecule has 0 aliphatic rings. The van der Waals surface area contributed by atoms with Gasteiger partial charge in [0.1, 0.15) is 0 Å². The van der Waals surface area contributed by atoms with E-state index in [2.05, 4.69) is 18.7 Å². The van der Waals surface area contributed by atoms with E-state index in [1.807, 2.05) is 24.3 Å². The van der Waals surface area contributed by atoms with Crippen molar-refractivity contribution < 1.29 is 15.0 Å². The molecule has 3 nitrogen and oxygen atoms in total. The van der Waals surface area contributed by atoms with Crippen molar-refractivity contribution in [3.05, 3.63) is 49.1 Å². The Kier molecular flexibility index (Phi) is 11.7. The number of unbranched alkanes of at least 4 members (excludes halogenated alkanes) is 1. The zero-order valence-electron chi connectivity index (χ0n) is 11.4. The maximum atomic E-state index is 10.3. The van der Waals surface area contributed by atoms with Gasteiger partial charge in [-0.25, -0.2) is 0 Å². The largest absolute Gasteiger partial charge is 0.481 e. The quantitative estimate of drug-likeness (QED) is 0.340. The van der Waals surface area contributed by atoms with E-state index in [1.54, 1.807) is 6.08 Å². The Bertz CT molecular complexity index is 327. The Hall–Kier alpha value is -1.61. The number of carboxylic acids is 1. The molecule has 0 saturated heterocycles. The van der Waals surface area contributed by atoms with Crippen LogP contribution in [0.25, 0.3) is 0 Å². The van der Waals surface area contributed by atoms with E-state index in [4.69, 9.17) is 5.11 Å². The summed E-state index contributed by atoms with van der Waals surface area (Å²) >= 11 is 0. The Morgan fingerprint density at radius 3 is 2.53 bits per heavy atom. The lowest BCUT2D eigenvalue weighted by Gasteiger charge is -2.03. The van der Waals surface area contributed by atoms with Crippen LogP contribution in [0.3, 0.4) is 0 Å². The summed E-state index contributed by atoms with van der Waals surface area (Å²) in [6, 6.07) is 0. The molecule has 2 N–H and O–H groups in total. The standard InChI is InChI=1S/C16H24O3/c1-2-3-4-5-6-7-8-9-12-15(17)13-10-11-14-16(18)19/h2,4-5,7-9,12,15,17H,1,3,6,10-11,13-14H2,(H,18,19). The molecule has 0 spiro atoms. The number of carboxylic acid groups (broad SMARTS) is 1. The minimum absolute atomic E-state index is 0.174. The molecule has 1 atom stereocenters. The van der Waals surface area contributed by atoms with E-state index < -0.39 is 12.1 Å². The molecule has 0 fully saturated rings. The average Bonchev–Trinajstić information content (AvgIpc) is 2.37. The molecule has 0 heterocycles. The van der Waals surface area contributed by atoms with Crippen LogP contribution in [0.5, 0.6) is 0 Å². The number of aliphatic carboxylic acids is 1. The predicted octanol–water partition coefficient (Wildman–Crippen LogP) is 3.63. The summed E-state index contributed by atoms with van der Waals surface area (Å²) in [4.78, 5) is 10.3. The van der Waals surface area contributed by atoms with E-state index in [0.717, 1.165) is 19.3 Å². The van der Waals surface area contributed by atoms with Crippen LogP contribution >= 0.6 is 0 Å². The maximum Gasteiger partial charge on any atom is 0.303 e. The van der Waals surface area contributed by atoms with E-state index in [0.29, 0.717) is 12.8 Å². The second-order valence-electron chi connectivity index (χ2n) is 4.25. The van der Waals surface area contributed by atoms with Crippen molar-refractivity contribution in [1.29, 1.82) is 0 Å². The van der Waals surface area contributed by atoms with Crippen LogP contribution in [-0.4, -0.2) is 22.3 Å². The van der Waals surface area contributed by atoms with Crippen LogP contribution in [0.1, 0.15) is 38.5 Å². The van der Waals surface area contributed by atoms with Crippen LogP contribution in [0.4, 0.5) is 0 Å². The van der Waals surface area contributed by atoms with Gasteiger partial charge in [-0.1, -0.05) is 42.5 Å². The van der Waals surface area contributed by atoms with Crippen LogP contribution in [0, 0.1) is 0 Å². The summed E-state index contributed by atoms with van der Waals surface area (Å²) in [5.41, 5.74) is 0. The highest BCUT2D eigenvalue weighted by molar-refractivity contribution is 5.66. The molecule has 0 aliphatic carbocycles. The van der Waals surface area contributed by atoms with Gasteiger partial charge >= 0.3 is 5.97 Å². The van der Waals surface area contributed by atoms with Crippen LogP contribution in [0.2, 0.25) is 0 Å². The highest BCUT2D eigenvalue weighted by Gasteiger charge is 2.00. The van der Waals surface area contributed by atoms with Crippen molar-refractivity contribution in [2.24, 2.45) is 0 Å². The first-order valence-electron chi connectivity index (χ1n) is 6.66. The summed E-state index contributed by atoms with van der Waals surface area (Å²) in [6.07, 6.45) is 16.8. The molecule has 0 radical (unpaired) electrons. The predicted molar refractivity (Wildman–Crippen MR) is 79.0 cm³/mol. The van der Waals surface area contributed by atoms with Crippen LogP contribution in [-0.2, 0) is 4.79 Å². The molecule has 0 saturated carbocycles. The normalized spacial score (nSPS) is 13.5. The van der Waals surface area contributed by atoms with Crippen molar-refractivity contribution in [1.82, 2.24) is 0 Å². The Labute approximate surface area is 115 Å². The number of aliphatic hydroxyl groups is 1. The SMILES string of the molecule is C=CCC=CCC=CC=CC(O)CCCCC(=O)O.